The number of rotatable bonds is 5. The number of hydrogen-bond donors (Lipinski definition) is 1. The molecule has 1 aliphatic rings. The predicted octanol–water partition coefficient (Wildman–Crippen LogP) is 1.64. The lowest BCUT2D eigenvalue weighted by Gasteiger charge is -2.36. The first kappa shape index (κ1) is 15.9. The fraction of sp³-hybridized carbons (Fsp3) is 0.500. The van der Waals surface area contributed by atoms with E-state index in [1.165, 1.54) is 5.56 Å². The molecule has 2 rings (SSSR count). The Hall–Kier alpha value is -1.46. The minimum absolute atomic E-state index is 0.0874. The number of carbonyl (C=O) groups is 1. The molecule has 1 amide bonds. The number of benzene rings is 1. The van der Waals surface area contributed by atoms with Crippen LogP contribution in [0.1, 0.15) is 18.9 Å². The smallest absolute Gasteiger partial charge is 0.232 e. The van der Waals surface area contributed by atoms with Crippen molar-refractivity contribution in [1.29, 1.82) is 0 Å². The average Bonchev–Trinajstić information content (AvgIpc) is 2.49. The standard InChI is InChI=1S/C16H23N3OS/c1-2-14(15(17)21)16(20)19-10-8-18(9-11-19)12-13-6-4-3-5-7-13/h3-7,14H,2,8-12H2,1H3,(H2,17,21). The van der Waals surface area contributed by atoms with E-state index in [0.717, 1.165) is 32.7 Å². The second-order valence-corrected chi connectivity index (χ2v) is 5.92. The van der Waals surface area contributed by atoms with Gasteiger partial charge in [0.15, 0.2) is 0 Å². The van der Waals surface area contributed by atoms with Gasteiger partial charge in [-0.2, -0.15) is 0 Å². The first-order valence-corrected chi connectivity index (χ1v) is 7.87. The number of nitrogens with two attached hydrogens (primary N) is 1. The number of nitrogens with zero attached hydrogens (tertiary/aromatic N) is 2. The van der Waals surface area contributed by atoms with Crippen LogP contribution in [0, 0.1) is 5.92 Å². The van der Waals surface area contributed by atoms with Crippen molar-refractivity contribution >= 4 is 23.1 Å². The van der Waals surface area contributed by atoms with E-state index in [1.807, 2.05) is 17.9 Å². The molecule has 1 heterocycles. The van der Waals surface area contributed by atoms with Gasteiger partial charge in [0.1, 0.15) is 0 Å². The highest BCUT2D eigenvalue weighted by molar-refractivity contribution is 7.80. The average molecular weight is 305 g/mol. The predicted molar refractivity (Wildman–Crippen MR) is 88.9 cm³/mol. The van der Waals surface area contributed by atoms with Crippen LogP contribution in [0.15, 0.2) is 30.3 Å². The van der Waals surface area contributed by atoms with Gasteiger partial charge in [-0.1, -0.05) is 49.5 Å². The van der Waals surface area contributed by atoms with Crippen LogP contribution in [-0.2, 0) is 11.3 Å². The van der Waals surface area contributed by atoms with Crippen LogP contribution >= 0.6 is 12.2 Å². The second-order valence-electron chi connectivity index (χ2n) is 5.45. The van der Waals surface area contributed by atoms with E-state index < -0.39 is 0 Å². The zero-order valence-corrected chi connectivity index (χ0v) is 13.3. The summed E-state index contributed by atoms with van der Waals surface area (Å²) in [7, 11) is 0. The maximum atomic E-state index is 12.4. The van der Waals surface area contributed by atoms with Gasteiger partial charge in [-0.05, 0) is 12.0 Å². The minimum Gasteiger partial charge on any atom is -0.393 e. The van der Waals surface area contributed by atoms with Gasteiger partial charge in [0.25, 0.3) is 0 Å². The third kappa shape index (κ3) is 4.25. The number of thiocarbonyl (C=S) groups is 1. The van der Waals surface area contributed by atoms with Crippen LogP contribution < -0.4 is 5.73 Å². The molecule has 2 N–H and O–H groups in total. The third-order valence-corrected chi connectivity index (χ3v) is 4.27. The minimum atomic E-state index is -0.305. The van der Waals surface area contributed by atoms with Crippen molar-refractivity contribution in [3.8, 4) is 0 Å². The van der Waals surface area contributed by atoms with Crippen molar-refractivity contribution in [3.63, 3.8) is 0 Å². The molecule has 0 radical (unpaired) electrons. The topological polar surface area (TPSA) is 49.6 Å². The zero-order valence-electron chi connectivity index (χ0n) is 12.5. The molecule has 1 unspecified atom stereocenters. The summed E-state index contributed by atoms with van der Waals surface area (Å²) in [5.41, 5.74) is 6.97. The fourth-order valence-electron chi connectivity index (χ4n) is 2.69. The van der Waals surface area contributed by atoms with E-state index in [2.05, 4.69) is 29.2 Å². The normalized spacial score (nSPS) is 17.5. The molecule has 1 aliphatic heterocycles. The molecule has 1 aromatic carbocycles. The molecule has 0 spiro atoms. The van der Waals surface area contributed by atoms with E-state index >= 15 is 0 Å². The molecule has 1 fully saturated rings. The van der Waals surface area contributed by atoms with Crippen LogP contribution in [0.5, 0.6) is 0 Å². The van der Waals surface area contributed by atoms with Gasteiger partial charge in [0.05, 0.1) is 10.9 Å². The van der Waals surface area contributed by atoms with Crippen molar-refractivity contribution in [2.45, 2.75) is 19.9 Å². The monoisotopic (exact) mass is 305 g/mol. The molecule has 0 aliphatic carbocycles. The third-order valence-electron chi connectivity index (χ3n) is 3.98. The van der Waals surface area contributed by atoms with E-state index in [4.69, 9.17) is 18.0 Å². The Kier molecular flexibility index (Phi) is 5.70. The van der Waals surface area contributed by atoms with Crippen molar-refractivity contribution in [1.82, 2.24) is 9.80 Å². The van der Waals surface area contributed by atoms with Gasteiger partial charge < -0.3 is 10.6 Å². The molecule has 1 aromatic rings. The summed E-state index contributed by atoms with van der Waals surface area (Å²) in [6, 6.07) is 10.4. The Morgan fingerprint density at radius 3 is 2.38 bits per heavy atom. The van der Waals surface area contributed by atoms with Gasteiger partial charge in [0, 0.05) is 32.7 Å². The summed E-state index contributed by atoms with van der Waals surface area (Å²) in [6.45, 7) is 6.20. The Balaban J connectivity index is 1.85. The summed E-state index contributed by atoms with van der Waals surface area (Å²) >= 11 is 4.99. The van der Waals surface area contributed by atoms with Gasteiger partial charge in [0.2, 0.25) is 5.91 Å². The van der Waals surface area contributed by atoms with Crippen molar-refractivity contribution in [2.75, 3.05) is 26.2 Å². The molecule has 0 aromatic heterocycles. The maximum Gasteiger partial charge on any atom is 0.232 e. The highest BCUT2D eigenvalue weighted by Gasteiger charge is 2.27. The van der Waals surface area contributed by atoms with Gasteiger partial charge in [-0.15, -0.1) is 0 Å². The van der Waals surface area contributed by atoms with Gasteiger partial charge >= 0.3 is 0 Å². The SMILES string of the molecule is CCC(C(=O)N1CCN(Cc2ccccc2)CC1)C(N)=S. The van der Waals surface area contributed by atoms with Gasteiger partial charge in [-0.3, -0.25) is 9.69 Å². The Morgan fingerprint density at radius 2 is 1.86 bits per heavy atom. The summed E-state index contributed by atoms with van der Waals surface area (Å²) in [4.78, 5) is 17.0. The van der Waals surface area contributed by atoms with Gasteiger partial charge in [-0.25, -0.2) is 0 Å². The Labute approximate surface area is 131 Å². The highest BCUT2D eigenvalue weighted by Crippen LogP contribution is 2.13. The van der Waals surface area contributed by atoms with Crippen LogP contribution in [0.2, 0.25) is 0 Å². The molecule has 5 heteroatoms. The molecule has 1 saturated heterocycles. The van der Waals surface area contributed by atoms with E-state index in [9.17, 15) is 4.79 Å². The van der Waals surface area contributed by atoms with Crippen LogP contribution in [-0.4, -0.2) is 46.9 Å². The van der Waals surface area contributed by atoms with Crippen molar-refractivity contribution in [3.05, 3.63) is 35.9 Å². The van der Waals surface area contributed by atoms with Crippen LogP contribution in [0.3, 0.4) is 0 Å². The second kappa shape index (κ2) is 7.52. The largest absolute Gasteiger partial charge is 0.393 e. The number of hydrogen-bond acceptors (Lipinski definition) is 3. The molecular formula is C16H23N3OS. The summed E-state index contributed by atoms with van der Waals surface area (Å²) < 4.78 is 0. The lowest BCUT2D eigenvalue weighted by Crippen LogP contribution is -2.51. The summed E-state index contributed by atoms with van der Waals surface area (Å²) in [6.07, 6.45) is 0.679. The first-order valence-electron chi connectivity index (χ1n) is 7.46. The highest BCUT2D eigenvalue weighted by atomic mass is 32.1. The molecule has 0 bridgehead atoms. The summed E-state index contributed by atoms with van der Waals surface area (Å²) in [5.74, 6) is -0.218. The van der Waals surface area contributed by atoms with Crippen LogP contribution in [0.25, 0.3) is 0 Å². The van der Waals surface area contributed by atoms with E-state index in [0.29, 0.717) is 11.4 Å². The first-order chi connectivity index (χ1) is 10.1. The lowest BCUT2D eigenvalue weighted by atomic mass is 10.0. The molecule has 4 nitrogen and oxygen atoms in total. The number of carbonyl (C=O) groups excluding carboxylic acids is 1. The van der Waals surface area contributed by atoms with E-state index in [-0.39, 0.29) is 11.8 Å². The Bertz CT molecular complexity index is 484. The number of piperazine rings is 1. The molecule has 114 valence electrons. The van der Waals surface area contributed by atoms with E-state index in [1.54, 1.807) is 0 Å². The quantitative estimate of drug-likeness (QED) is 0.840. The summed E-state index contributed by atoms with van der Waals surface area (Å²) in [5, 5.41) is 0. The molecule has 21 heavy (non-hydrogen) atoms. The molecular weight excluding hydrogens is 282 g/mol. The maximum absolute atomic E-state index is 12.4. The number of amides is 1. The lowest BCUT2D eigenvalue weighted by molar-refractivity contribution is -0.135. The Morgan fingerprint density at radius 1 is 1.24 bits per heavy atom. The molecule has 0 saturated carbocycles. The molecule has 1 atom stereocenters. The van der Waals surface area contributed by atoms with Crippen LogP contribution in [0.4, 0.5) is 0 Å². The van der Waals surface area contributed by atoms with Crippen molar-refractivity contribution in [2.24, 2.45) is 11.7 Å². The van der Waals surface area contributed by atoms with Crippen molar-refractivity contribution < 1.29 is 4.79 Å². The zero-order chi connectivity index (χ0) is 15.2. The fourth-order valence-corrected chi connectivity index (χ4v) is 2.95.